The van der Waals surface area contributed by atoms with E-state index in [0.29, 0.717) is 35.4 Å². The number of nitrogens with one attached hydrogen (secondary N) is 4. The normalized spacial score (nSPS) is 11.4. The molecule has 174 valence electrons. The van der Waals surface area contributed by atoms with Crippen LogP contribution in [-0.2, 0) is 10.0 Å². The van der Waals surface area contributed by atoms with E-state index in [0.717, 1.165) is 6.07 Å². The number of H-pyrrole nitrogens is 1. The molecule has 0 spiro atoms. The first-order chi connectivity index (χ1) is 15.7. The molecule has 0 radical (unpaired) electrons. The molecule has 0 aliphatic carbocycles. The molecule has 0 saturated heterocycles. The number of anilines is 2. The Morgan fingerprint density at radius 3 is 2.27 bits per heavy atom. The molecule has 0 aliphatic rings. The fraction of sp³-hybridized carbons (Fsp3) is 0.227. The maximum atomic E-state index is 13.1. The molecule has 0 bridgehead atoms. The number of hydrogen-bond donors (Lipinski definition) is 4. The summed E-state index contributed by atoms with van der Waals surface area (Å²) in [6.45, 7) is 4.09. The Morgan fingerprint density at radius 1 is 0.970 bits per heavy atom. The smallest absolute Gasteiger partial charge is 0.318 e. The molecule has 0 fully saturated rings. The highest BCUT2D eigenvalue weighted by molar-refractivity contribution is 7.89. The van der Waals surface area contributed by atoms with Gasteiger partial charge in [0.1, 0.15) is 0 Å². The van der Waals surface area contributed by atoms with Crippen LogP contribution in [0.25, 0.3) is 10.9 Å². The summed E-state index contributed by atoms with van der Waals surface area (Å²) in [5.74, 6) is -0.597. The van der Waals surface area contributed by atoms with Crippen LogP contribution in [-0.4, -0.2) is 49.8 Å². The number of aromatic nitrogens is 1. The third-order valence-electron chi connectivity index (χ3n) is 5.01. The summed E-state index contributed by atoms with van der Waals surface area (Å²) >= 11 is 0. The topological polar surface area (TPSA) is 140 Å². The molecule has 3 amide bonds. The Balaban J connectivity index is 2.02. The minimum absolute atomic E-state index is 0.0232. The molecule has 0 saturated carbocycles. The van der Waals surface area contributed by atoms with Gasteiger partial charge >= 0.3 is 6.03 Å². The lowest BCUT2D eigenvalue weighted by Gasteiger charge is -2.19. The summed E-state index contributed by atoms with van der Waals surface area (Å²) in [5.41, 5.74) is 0.697. The Morgan fingerprint density at radius 2 is 1.64 bits per heavy atom. The van der Waals surface area contributed by atoms with Gasteiger partial charge in [0.05, 0.1) is 10.5 Å². The fourth-order valence-electron chi connectivity index (χ4n) is 3.36. The van der Waals surface area contributed by atoms with Crippen molar-refractivity contribution >= 4 is 44.2 Å². The molecular weight excluding hydrogens is 446 g/mol. The number of carbonyl (C=O) groups excluding carboxylic acids is 2. The van der Waals surface area contributed by atoms with Gasteiger partial charge < -0.3 is 20.9 Å². The third kappa shape index (κ3) is 5.21. The summed E-state index contributed by atoms with van der Waals surface area (Å²) in [5, 5.41) is 8.01. The highest BCUT2D eigenvalue weighted by atomic mass is 32.2. The number of amides is 3. The van der Waals surface area contributed by atoms with Crippen molar-refractivity contribution in [2.24, 2.45) is 0 Å². The van der Waals surface area contributed by atoms with Gasteiger partial charge in [0.2, 0.25) is 15.6 Å². The SMILES string of the molecule is CCN(CC)S(=O)(=O)c1ccc2[nH]c(=O)cc(C(=O)Nc3cccc(NC(=O)NC)c3)c2c1. The van der Waals surface area contributed by atoms with Crippen LogP contribution in [0, 0.1) is 0 Å². The minimum atomic E-state index is -3.76. The average Bonchev–Trinajstić information content (AvgIpc) is 2.78. The predicted octanol–water partition coefficient (Wildman–Crippen LogP) is 2.56. The highest BCUT2D eigenvalue weighted by Gasteiger charge is 2.23. The summed E-state index contributed by atoms with van der Waals surface area (Å²) in [6, 6.07) is 11.4. The maximum Gasteiger partial charge on any atom is 0.318 e. The molecule has 0 aliphatic heterocycles. The zero-order valence-electron chi connectivity index (χ0n) is 18.4. The highest BCUT2D eigenvalue weighted by Crippen LogP contribution is 2.24. The standard InChI is InChI=1S/C22H25N5O5S/c1-4-27(5-2)33(31,32)16-9-10-19-17(12-16)18(13-20(28)26-19)21(29)24-14-7-6-8-15(11-14)25-22(30)23-3/h6-13H,4-5H2,1-3H3,(H,24,29)(H,26,28)(H2,23,25,30). The summed E-state index contributed by atoms with van der Waals surface area (Å²) in [4.78, 5) is 39.4. The van der Waals surface area contributed by atoms with E-state index in [-0.39, 0.29) is 10.5 Å². The number of fused-ring (bicyclic) bond motifs is 1. The summed E-state index contributed by atoms with van der Waals surface area (Å²) < 4.78 is 27.2. The molecule has 1 heterocycles. The molecule has 2 aromatic carbocycles. The van der Waals surface area contributed by atoms with Crippen molar-refractivity contribution in [1.82, 2.24) is 14.6 Å². The van der Waals surface area contributed by atoms with E-state index >= 15 is 0 Å². The molecule has 0 unspecified atom stereocenters. The van der Waals surface area contributed by atoms with Crippen molar-refractivity contribution in [3.63, 3.8) is 0 Å². The number of rotatable bonds is 7. The number of urea groups is 1. The van der Waals surface area contributed by atoms with E-state index in [2.05, 4.69) is 20.9 Å². The lowest BCUT2D eigenvalue weighted by molar-refractivity contribution is 0.102. The number of carbonyl (C=O) groups is 2. The Labute approximate surface area is 191 Å². The summed E-state index contributed by atoms with van der Waals surface area (Å²) in [7, 11) is -2.28. The van der Waals surface area contributed by atoms with E-state index in [1.54, 1.807) is 38.1 Å². The van der Waals surface area contributed by atoms with E-state index in [9.17, 15) is 22.8 Å². The van der Waals surface area contributed by atoms with Crippen molar-refractivity contribution in [2.45, 2.75) is 18.7 Å². The van der Waals surface area contributed by atoms with Gasteiger partial charge in [-0.15, -0.1) is 0 Å². The van der Waals surface area contributed by atoms with Crippen LogP contribution in [0.4, 0.5) is 16.2 Å². The van der Waals surface area contributed by atoms with Crippen LogP contribution in [0.2, 0.25) is 0 Å². The van der Waals surface area contributed by atoms with Crippen molar-refractivity contribution in [2.75, 3.05) is 30.8 Å². The van der Waals surface area contributed by atoms with E-state index < -0.39 is 27.5 Å². The van der Waals surface area contributed by atoms with Crippen LogP contribution in [0.3, 0.4) is 0 Å². The van der Waals surface area contributed by atoms with Gasteiger partial charge in [-0.1, -0.05) is 19.9 Å². The largest absolute Gasteiger partial charge is 0.341 e. The van der Waals surface area contributed by atoms with E-state index in [1.165, 1.54) is 29.6 Å². The maximum absolute atomic E-state index is 13.1. The number of pyridine rings is 1. The Kier molecular flexibility index (Phi) is 7.14. The van der Waals surface area contributed by atoms with Gasteiger partial charge in [-0.25, -0.2) is 13.2 Å². The second-order valence-corrected chi connectivity index (χ2v) is 9.02. The first-order valence-electron chi connectivity index (χ1n) is 10.3. The Hall–Kier alpha value is -3.70. The predicted molar refractivity (Wildman–Crippen MR) is 127 cm³/mol. The molecule has 33 heavy (non-hydrogen) atoms. The number of sulfonamides is 1. The number of nitrogens with zero attached hydrogens (tertiary/aromatic N) is 1. The van der Waals surface area contributed by atoms with Gasteiger partial charge in [-0.05, 0) is 36.4 Å². The molecule has 10 nitrogen and oxygen atoms in total. The second kappa shape index (κ2) is 9.84. The average molecular weight is 472 g/mol. The van der Waals surface area contributed by atoms with Crippen LogP contribution in [0.5, 0.6) is 0 Å². The van der Waals surface area contributed by atoms with Gasteiger partial charge in [0.15, 0.2) is 0 Å². The fourth-order valence-corrected chi connectivity index (χ4v) is 4.85. The molecule has 1 aromatic heterocycles. The molecule has 11 heteroatoms. The monoisotopic (exact) mass is 471 g/mol. The quantitative estimate of drug-likeness (QED) is 0.419. The summed E-state index contributed by atoms with van der Waals surface area (Å²) in [6.07, 6.45) is 0. The number of hydrogen-bond acceptors (Lipinski definition) is 5. The van der Waals surface area contributed by atoms with Gasteiger partial charge in [0, 0.05) is 48.5 Å². The van der Waals surface area contributed by atoms with E-state index in [4.69, 9.17) is 0 Å². The molecule has 3 rings (SSSR count). The van der Waals surface area contributed by atoms with Crippen LogP contribution >= 0.6 is 0 Å². The van der Waals surface area contributed by atoms with Gasteiger partial charge in [0.25, 0.3) is 5.91 Å². The van der Waals surface area contributed by atoms with Crippen LogP contribution < -0.4 is 21.5 Å². The molecule has 3 aromatic rings. The van der Waals surface area contributed by atoms with Crippen molar-refractivity contribution in [1.29, 1.82) is 0 Å². The zero-order chi connectivity index (χ0) is 24.2. The third-order valence-corrected chi connectivity index (χ3v) is 7.05. The van der Waals surface area contributed by atoms with Gasteiger partial charge in [-0.3, -0.25) is 9.59 Å². The first-order valence-corrected chi connectivity index (χ1v) is 11.7. The molecule has 4 N–H and O–H groups in total. The van der Waals surface area contributed by atoms with Crippen LogP contribution in [0.1, 0.15) is 24.2 Å². The number of aromatic amines is 1. The first kappa shape index (κ1) is 24.0. The van der Waals surface area contributed by atoms with Gasteiger partial charge in [-0.2, -0.15) is 4.31 Å². The van der Waals surface area contributed by atoms with Crippen molar-refractivity contribution in [3.05, 3.63) is 64.4 Å². The lowest BCUT2D eigenvalue weighted by Crippen LogP contribution is -2.30. The van der Waals surface area contributed by atoms with Crippen molar-refractivity contribution in [3.8, 4) is 0 Å². The minimum Gasteiger partial charge on any atom is -0.341 e. The Bertz CT molecular complexity index is 1360. The van der Waals surface area contributed by atoms with E-state index in [1.807, 2.05) is 0 Å². The number of benzene rings is 2. The second-order valence-electron chi connectivity index (χ2n) is 7.08. The van der Waals surface area contributed by atoms with Crippen LogP contribution in [0.15, 0.2) is 58.2 Å². The lowest BCUT2D eigenvalue weighted by atomic mass is 10.1. The molecule has 0 atom stereocenters. The zero-order valence-corrected chi connectivity index (χ0v) is 19.2. The molecular formula is C22H25N5O5S. The van der Waals surface area contributed by atoms with Crippen molar-refractivity contribution < 1.29 is 18.0 Å².